The van der Waals surface area contributed by atoms with Crippen LogP contribution in [-0.4, -0.2) is 10.2 Å². The molecule has 0 heterocycles. The molecule has 0 aliphatic heterocycles. The van der Waals surface area contributed by atoms with Crippen LogP contribution < -0.4 is 0 Å². The molecule has 0 bridgehead atoms. The maximum absolute atomic E-state index is 10.1. The highest BCUT2D eigenvalue weighted by atomic mass is 16.3. The predicted molar refractivity (Wildman–Crippen MR) is 85.0 cm³/mol. The Hall–Kier alpha value is -1.96. The van der Waals surface area contributed by atoms with Crippen LogP contribution in [0, 0.1) is 6.92 Å². The Bertz CT molecular complexity index is 716. The van der Waals surface area contributed by atoms with Gasteiger partial charge in [0.15, 0.2) is 0 Å². The van der Waals surface area contributed by atoms with Gasteiger partial charge < -0.3 is 10.2 Å². The van der Waals surface area contributed by atoms with E-state index in [2.05, 4.69) is 26.8 Å². The summed E-state index contributed by atoms with van der Waals surface area (Å²) in [5.41, 5.74) is 4.41. The highest BCUT2D eigenvalue weighted by molar-refractivity contribution is 5.58. The first kappa shape index (κ1) is 14.0. The minimum atomic E-state index is -0.194. The van der Waals surface area contributed by atoms with E-state index in [1.807, 2.05) is 25.1 Å². The van der Waals surface area contributed by atoms with Crippen LogP contribution in [0.1, 0.15) is 49.4 Å². The molecule has 0 aromatic heterocycles. The molecule has 1 atom stereocenters. The van der Waals surface area contributed by atoms with Gasteiger partial charge in [0.1, 0.15) is 11.5 Å². The summed E-state index contributed by atoms with van der Waals surface area (Å²) in [6, 6.07) is 11.3. The summed E-state index contributed by atoms with van der Waals surface area (Å²) in [5, 5.41) is 20.0. The summed E-state index contributed by atoms with van der Waals surface area (Å²) in [6.45, 7) is 8.69. The minimum absolute atomic E-state index is 0.0496. The van der Waals surface area contributed by atoms with Gasteiger partial charge in [-0.2, -0.15) is 0 Å². The first-order chi connectivity index (χ1) is 9.75. The van der Waals surface area contributed by atoms with Crippen molar-refractivity contribution in [2.45, 2.75) is 44.9 Å². The normalized spacial score (nSPS) is 23.0. The molecule has 3 rings (SSSR count). The quantitative estimate of drug-likeness (QED) is 0.814. The molecular weight excluding hydrogens is 260 g/mol. The Kier molecular flexibility index (Phi) is 2.84. The lowest BCUT2D eigenvalue weighted by molar-refractivity contribution is 0.420. The molecule has 0 spiro atoms. The highest BCUT2D eigenvalue weighted by Gasteiger charge is 2.47. The van der Waals surface area contributed by atoms with E-state index >= 15 is 0 Å². The molecule has 2 heteroatoms. The maximum atomic E-state index is 10.1. The first-order valence-electron chi connectivity index (χ1n) is 7.39. The second kappa shape index (κ2) is 4.27. The van der Waals surface area contributed by atoms with Crippen LogP contribution in [0.4, 0.5) is 0 Å². The lowest BCUT2D eigenvalue weighted by Gasteiger charge is -2.29. The van der Waals surface area contributed by atoms with Gasteiger partial charge in [0, 0.05) is 5.41 Å². The monoisotopic (exact) mass is 282 g/mol. The standard InChI is InChI=1S/C19H22O2/c1-12-16(21)9-8-15-17(12)19(4,11-18(15,2)3)13-6-5-7-14(20)10-13/h5-10,20-21H,11H2,1-4H3. The Balaban J connectivity index is 2.31. The molecule has 0 radical (unpaired) electrons. The van der Waals surface area contributed by atoms with Crippen LogP contribution in [0.5, 0.6) is 11.5 Å². The SMILES string of the molecule is Cc1c(O)ccc2c1C(C)(c1cccc(O)c1)CC2(C)C. The fraction of sp³-hybridized carbons (Fsp3) is 0.368. The number of phenolic OH excluding ortho intramolecular Hbond substituents is 2. The van der Waals surface area contributed by atoms with Crippen molar-refractivity contribution in [2.75, 3.05) is 0 Å². The minimum Gasteiger partial charge on any atom is -0.508 e. The van der Waals surface area contributed by atoms with Crippen LogP contribution in [0.25, 0.3) is 0 Å². The number of rotatable bonds is 1. The van der Waals surface area contributed by atoms with Gasteiger partial charge in [-0.05, 0) is 59.2 Å². The van der Waals surface area contributed by atoms with Gasteiger partial charge in [0.2, 0.25) is 0 Å². The van der Waals surface area contributed by atoms with E-state index in [-0.39, 0.29) is 16.6 Å². The lowest BCUT2D eigenvalue weighted by Crippen LogP contribution is -2.24. The molecule has 1 aliphatic carbocycles. The second-order valence-corrected chi connectivity index (χ2v) is 7.08. The van der Waals surface area contributed by atoms with Gasteiger partial charge >= 0.3 is 0 Å². The Morgan fingerprint density at radius 3 is 2.38 bits per heavy atom. The lowest BCUT2D eigenvalue weighted by atomic mass is 9.74. The summed E-state index contributed by atoms with van der Waals surface area (Å²) in [6.07, 6.45) is 0.961. The van der Waals surface area contributed by atoms with Gasteiger partial charge in [0.05, 0.1) is 0 Å². The molecule has 2 aromatic carbocycles. The number of phenols is 2. The Morgan fingerprint density at radius 2 is 1.71 bits per heavy atom. The van der Waals surface area contributed by atoms with Crippen molar-refractivity contribution in [3.63, 3.8) is 0 Å². The smallest absolute Gasteiger partial charge is 0.118 e. The predicted octanol–water partition coefficient (Wildman–Crippen LogP) is 4.39. The number of aromatic hydroxyl groups is 2. The highest BCUT2D eigenvalue weighted by Crippen LogP contribution is 2.55. The van der Waals surface area contributed by atoms with Crippen LogP contribution >= 0.6 is 0 Å². The summed E-state index contributed by atoms with van der Waals surface area (Å²) in [7, 11) is 0. The van der Waals surface area contributed by atoms with E-state index < -0.39 is 0 Å². The molecule has 1 aliphatic rings. The van der Waals surface area contributed by atoms with Crippen LogP contribution in [0.15, 0.2) is 36.4 Å². The molecule has 2 N–H and O–H groups in total. The van der Waals surface area contributed by atoms with Crippen LogP contribution in [0.3, 0.4) is 0 Å². The molecular formula is C19H22O2. The molecule has 0 saturated carbocycles. The number of fused-ring (bicyclic) bond motifs is 1. The number of hydrogen-bond donors (Lipinski definition) is 2. The van der Waals surface area contributed by atoms with E-state index in [1.54, 1.807) is 12.1 Å². The van der Waals surface area contributed by atoms with Gasteiger partial charge in [-0.15, -0.1) is 0 Å². The van der Waals surface area contributed by atoms with Crippen molar-refractivity contribution in [3.8, 4) is 11.5 Å². The van der Waals surface area contributed by atoms with Gasteiger partial charge in [0.25, 0.3) is 0 Å². The fourth-order valence-electron chi connectivity index (χ4n) is 4.14. The second-order valence-electron chi connectivity index (χ2n) is 7.08. The zero-order chi connectivity index (χ0) is 15.4. The first-order valence-corrected chi connectivity index (χ1v) is 7.39. The largest absolute Gasteiger partial charge is 0.508 e. The summed E-state index contributed by atoms with van der Waals surface area (Å²) >= 11 is 0. The van der Waals surface area contributed by atoms with E-state index in [0.717, 1.165) is 17.5 Å². The fourth-order valence-corrected chi connectivity index (χ4v) is 4.14. The van der Waals surface area contributed by atoms with Crippen molar-refractivity contribution < 1.29 is 10.2 Å². The molecule has 0 fully saturated rings. The van der Waals surface area contributed by atoms with Crippen LogP contribution in [-0.2, 0) is 10.8 Å². The molecule has 1 unspecified atom stereocenters. The van der Waals surface area contributed by atoms with Crippen LogP contribution in [0.2, 0.25) is 0 Å². The van der Waals surface area contributed by atoms with Gasteiger partial charge in [-0.3, -0.25) is 0 Å². The van der Waals surface area contributed by atoms with E-state index in [4.69, 9.17) is 0 Å². The molecule has 110 valence electrons. The molecule has 21 heavy (non-hydrogen) atoms. The number of hydrogen-bond acceptors (Lipinski definition) is 2. The Morgan fingerprint density at radius 1 is 1.00 bits per heavy atom. The van der Waals surface area contributed by atoms with E-state index in [9.17, 15) is 10.2 Å². The van der Waals surface area contributed by atoms with Crippen molar-refractivity contribution in [3.05, 3.63) is 58.7 Å². The third-order valence-corrected chi connectivity index (χ3v) is 5.00. The van der Waals surface area contributed by atoms with Crippen molar-refractivity contribution in [1.82, 2.24) is 0 Å². The zero-order valence-electron chi connectivity index (χ0n) is 13.1. The Labute approximate surface area is 126 Å². The van der Waals surface area contributed by atoms with Crippen molar-refractivity contribution in [1.29, 1.82) is 0 Å². The summed E-state index contributed by atoms with van der Waals surface area (Å²) < 4.78 is 0. The number of benzene rings is 2. The molecule has 2 aromatic rings. The van der Waals surface area contributed by atoms with E-state index in [0.29, 0.717) is 5.75 Å². The van der Waals surface area contributed by atoms with Crippen molar-refractivity contribution in [2.24, 2.45) is 0 Å². The summed E-state index contributed by atoms with van der Waals surface area (Å²) in [4.78, 5) is 0. The van der Waals surface area contributed by atoms with Gasteiger partial charge in [-0.1, -0.05) is 39.0 Å². The molecule has 2 nitrogen and oxygen atoms in total. The topological polar surface area (TPSA) is 40.5 Å². The molecule has 0 amide bonds. The maximum Gasteiger partial charge on any atom is 0.118 e. The third kappa shape index (κ3) is 1.93. The van der Waals surface area contributed by atoms with E-state index in [1.165, 1.54) is 11.1 Å². The van der Waals surface area contributed by atoms with Crippen molar-refractivity contribution >= 4 is 0 Å². The average Bonchev–Trinajstić information content (AvgIpc) is 2.62. The third-order valence-electron chi connectivity index (χ3n) is 5.00. The summed E-state index contributed by atoms with van der Waals surface area (Å²) in [5.74, 6) is 0.635. The zero-order valence-corrected chi connectivity index (χ0v) is 13.1. The average molecular weight is 282 g/mol. The van der Waals surface area contributed by atoms with Gasteiger partial charge in [-0.25, -0.2) is 0 Å². The molecule has 0 saturated heterocycles.